The van der Waals surface area contributed by atoms with Gasteiger partial charge in [0, 0.05) is 32.3 Å². The van der Waals surface area contributed by atoms with Crippen LogP contribution in [0.2, 0.25) is 0 Å². The average molecular weight is 236 g/mol. The van der Waals surface area contributed by atoms with E-state index in [4.69, 9.17) is 15.9 Å². The fraction of sp³-hybridized carbons (Fsp3) is 0.500. The molecule has 1 aromatic rings. The Hall–Kier alpha value is -1.62. The highest BCUT2D eigenvalue weighted by Crippen LogP contribution is 2.11. The predicted molar refractivity (Wildman–Crippen MR) is 69.6 cm³/mol. The van der Waals surface area contributed by atoms with Crippen LogP contribution < -0.4 is 10.6 Å². The molecule has 0 saturated heterocycles. The maximum atomic E-state index is 7.27. The summed E-state index contributed by atoms with van der Waals surface area (Å²) in [5.41, 5.74) is 6.36. The number of amidine groups is 1. The van der Waals surface area contributed by atoms with Crippen molar-refractivity contribution in [1.82, 2.24) is 4.98 Å². The molecule has 5 heteroatoms. The molecule has 0 atom stereocenters. The summed E-state index contributed by atoms with van der Waals surface area (Å²) in [4.78, 5) is 6.54. The molecule has 1 rings (SSSR count). The van der Waals surface area contributed by atoms with E-state index in [2.05, 4.69) is 9.88 Å². The first-order valence-electron chi connectivity index (χ1n) is 5.64. The predicted octanol–water partition coefficient (Wildman–Crippen LogP) is 1.17. The van der Waals surface area contributed by atoms with Crippen molar-refractivity contribution in [2.75, 3.05) is 31.7 Å². The summed E-state index contributed by atoms with van der Waals surface area (Å²) in [5.74, 6) is 1.10. The number of ether oxygens (including phenoxy) is 1. The van der Waals surface area contributed by atoms with Gasteiger partial charge in [0.25, 0.3) is 0 Å². The largest absolute Gasteiger partial charge is 0.388 e. The highest BCUT2D eigenvalue weighted by Gasteiger charge is 2.08. The van der Waals surface area contributed by atoms with Crippen LogP contribution >= 0.6 is 0 Å². The lowest BCUT2D eigenvalue weighted by Gasteiger charge is -2.23. The molecule has 0 bridgehead atoms. The van der Waals surface area contributed by atoms with E-state index in [0.717, 1.165) is 18.1 Å². The number of rotatable bonds is 7. The average Bonchev–Trinajstić information content (AvgIpc) is 2.29. The van der Waals surface area contributed by atoms with Gasteiger partial charge < -0.3 is 15.4 Å². The first-order valence-corrected chi connectivity index (χ1v) is 5.64. The first kappa shape index (κ1) is 13.4. The van der Waals surface area contributed by atoms with Gasteiger partial charge >= 0.3 is 0 Å². The second kappa shape index (κ2) is 6.85. The van der Waals surface area contributed by atoms with Crippen molar-refractivity contribution in [2.24, 2.45) is 5.73 Å². The molecule has 0 spiro atoms. The van der Waals surface area contributed by atoms with Gasteiger partial charge in [-0.25, -0.2) is 4.98 Å². The number of aryl methyl sites for hydroxylation is 1. The molecule has 0 radical (unpaired) electrons. The maximum absolute atomic E-state index is 7.27. The Morgan fingerprint density at radius 1 is 1.47 bits per heavy atom. The minimum Gasteiger partial charge on any atom is -0.388 e. The lowest BCUT2D eigenvalue weighted by Crippen LogP contribution is -2.31. The summed E-state index contributed by atoms with van der Waals surface area (Å²) in [7, 11) is 1.67. The smallest absolute Gasteiger partial charge is 0.128 e. The van der Waals surface area contributed by atoms with Crippen LogP contribution in [-0.4, -0.2) is 37.6 Å². The van der Waals surface area contributed by atoms with E-state index in [0.29, 0.717) is 19.6 Å². The molecule has 3 N–H and O–H groups in total. The van der Waals surface area contributed by atoms with Crippen molar-refractivity contribution >= 4 is 11.7 Å². The maximum Gasteiger partial charge on any atom is 0.128 e. The van der Waals surface area contributed by atoms with Gasteiger partial charge in [-0.3, -0.25) is 5.41 Å². The first-order chi connectivity index (χ1) is 8.13. The minimum atomic E-state index is 0.195. The topological polar surface area (TPSA) is 75.2 Å². The zero-order chi connectivity index (χ0) is 12.7. The van der Waals surface area contributed by atoms with Gasteiger partial charge in [0.1, 0.15) is 5.82 Å². The molecule has 0 aromatic carbocycles. The summed E-state index contributed by atoms with van der Waals surface area (Å²) in [6.45, 7) is 4.03. The second-order valence-electron chi connectivity index (χ2n) is 3.89. The van der Waals surface area contributed by atoms with Crippen LogP contribution in [0, 0.1) is 12.3 Å². The van der Waals surface area contributed by atoms with Gasteiger partial charge in [-0.15, -0.1) is 0 Å². The standard InChI is InChI=1S/C12H20N4O/c1-10-4-3-5-12(15-10)16(8-9-17-2)7-6-11(13)14/h3-5H,6-9H2,1-2H3,(H3,13,14). The number of pyridine rings is 1. The molecule has 0 amide bonds. The molecule has 5 nitrogen and oxygen atoms in total. The van der Waals surface area contributed by atoms with E-state index in [9.17, 15) is 0 Å². The summed E-state index contributed by atoms with van der Waals surface area (Å²) in [6.07, 6.45) is 0.541. The van der Waals surface area contributed by atoms with Gasteiger partial charge in [0.2, 0.25) is 0 Å². The summed E-state index contributed by atoms with van der Waals surface area (Å²) >= 11 is 0. The molecule has 1 heterocycles. The van der Waals surface area contributed by atoms with Crippen LogP contribution in [-0.2, 0) is 4.74 Å². The van der Waals surface area contributed by atoms with Crippen LogP contribution in [0.3, 0.4) is 0 Å². The number of nitrogens with one attached hydrogen (secondary N) is 1. The summed E-state index contributed by atoms with van der Waals surface area (Å²) in [5, 5.41) is 7.27. The Labute approximate surface area is 102 Å². The number of aromatic nitrogens is 1. The molecule has 17 heavy (non-hydrogen) atoms. The van der Waals surface area contributed by atoms with Gasteiger partial charge in [0.05, 0.1) is 12.4 Å². The Morgan fingerprint density at radius 3 is 2.82 bits per heavy atom. The third kappa shape index (κ3) is 4.82. The van der Waals surface area contributed by atoms with Gasteiger partial charge in [-0.05, 0) is 19.1 Å². The molecule has 0 fully saturated rings. The van der Waals surface area contributed by atoms with Crippen LogP contribution in [0.1, 0.15) is 12.1 Å². The Kier molecular flexibility index (Phi) is 5.42. The second-order valence-corrected chi connectivity index (χ2v) is 3.89. The fourth-order valence-electron chi connectivity index (χ4n) is 1.50. The van der Waals surface area contributed by atoms with Gasteiger partial charge in [-0.2, -0.15) is 0 Å². The third-order valence-electron chi connectivity index (χ3n) is 2.41. The lowest BCUT2D eigenvalue weighted by atomic mass is 10.3. The molecule has 0 aliphatic heterocycles. The van der Waals surface area contributed by atoms with Crippen molar-refractivity contribution < 1.29 is 4.74 Å². The summed E-state index contributed by atoms with van der Waals surface area (Å²) in [6, 6.07) is 5.90. The van der Waals surface area contributed by atoms with Crippen molar-refractivity contribution in [1.29, 1.82) is 5.41 Å². The molecule has 0 aliphatic rings. The molecule has 0 aliphatic carbocycles. The number of nitrogens with two attached hydrogens (primary N) is 1. The fourth-order valence-corrected chi connectivity index (χ4v) is 1.50. The minimum absolute atomic E-state index is 0.195. The molecular formula is C12H20N4O. The Bertz CT molecular complexity index is 367. The van der Waals surface area contributed by atoms with E-state index in [-0.39, 0.29) is 5.84 Å². The van der Waals surface area contributed by atoms with Crippen molar-refractivity contribution in [3.05, 3.63) is 23.9 Å². The molecular weight excluding hydrogens is 216 g/mol. The van der Waals surface area contributed by atoms with Crippen molar-refractivity contribution in [3.63, 3.8) is 0 Å². The van der Waals surface area contributed by atoms with Crippen molar-refractivity contribution in [2.45, 2.75) is 13.3 Å². The SMILES string of the molecule is COCCN(CCC(=N)N)c1cccc(C)n1. The molecule has 94 valence electrons. The molecule has 0 unspecified atom stereocenters. The van der Waals surface area contributed by atoms with Gasteiger partial charge in [0.15, 0.2) is 0 Å². The van der Waals surface area contributed by atoms with E-state index < -0.39 is 0 Å². The number of hydrogen-bond acceptors (Lipinski definition) is 4. The monoisotopic (exact) mass is 236 g/mol. The Balaban J connectivity index is 2.70. The zero-order valence-electron chi connectivity index (χ0n) is 10.4. The van der Waals surface area contributed by atoms with Crippen LogP contribution in [0.4, 0.5) is 5.82 Å². The number of anilines is 1. The van der Waals surface area contributed by atoms with Crippen molar-refractivity contribution in [3.8, 4) is 0 Å². The number of nitrogens with zero attached hydrogens (tertiary/aromatic N) is 2. The molecule has 1 aromatic heterocycles. The van der Waals surface area contributed by atoms with Crippen LogP contribution in [0.25, 0.3) is 0 Å². The Morgan fingerprint density at radius 2 is 2.24 bits per heavy atom. The van der Waals surface area contributed by atoms with Crippen LogP contribution in [0.15, 0.2) is 18.2 Å². The normalized spacial score (nSPS) is 10.2. The number of hydrogen-bond donors (Lipinski definition) is 2. The summed E-state index contributed by atoms with van der Waals surface area (Å²) < 4.78 is 5.08. The van der Waals surface area contributed by atoms with E-state index in [1.54, 1.807) is 7.11 Å². The van der Waals surface area contributed by atoms with E-state index in [1.807, 2.05) is 25.1 Å². The van der Waals surface area contributed by atoms with E-state index in [1.165, 1.54) is 0 Å². The lowest BCUT2D eigenvalue weighted by molar-refractivity contribution is 0.205. The highest BCUT2D eigenvalue weighted by atomic mass is 16.5. The van der Waals surface area contributed by atoms with Gasteiger partial charge in [-0.1, -0.05) is 6.07 Å². The third-order valence-corrected chi connectivity index (χ3v) is 2.41. The van der Waals surface area contributed by atoms with Crippen LogP contribution in [0.5, 0.6) is 0 Å². The zero-order valence-corrected chi connectivity index (χ0v) is 10.4. The molecule has 0 saturated carbocycles. The quantitative estimate of drug-likeness (QED) is 0.550. The highest BCUT2D eigenvalue weighted by molar-refractivity contribution is 5.77. The number of methoxy groups -OCH3 is 1. The van der Waals surface area contributed by atoms with E-state index >= 15 is 0 Å².